The molecule has 0 radical (unpaired) electrons. The fraction of sp³-hybridized carbons (Fsp3) is 0.417. The van der Waals surface area contributed by atoms with Gasteiger partial charge in [-0.3, -0.25) is 0 Å². The number of rotatable bonds is 2. The Labute approximate surface area is 93.5 Å². The SMILES string of the molecule is OCc1nc(-c2ccco2)n2c1CCCC2. The Morgan fingerprint density at radius 1 is 1.44 bits per heavy atom. The van der Waals surface area contributed by atoms with Gasteiger partial charge in [-0.05, 0) is 31.4 Å². The van der Waals surface area contributed by atoms with E-state index in [1.54, 1.807) is 6.26 Å². The zero-order chi connectivity index (χ0) is 11.0. The van der Waals surface area contributed by atoms with Crippen molar-refractivity contribution in [2.75, 3.05) is 0 Å². The molecule has 0 amide bonds. The summed E-state index contributed by atoms with van der Waals surface area (Å²) in [6.07, 6.45) is 5.00. The molecule has 2 aromatic rings. The standard InChI is InChI=1S/C12H14N2O2/c15-8-9-10-4-1-2-6-14(10)12(13-9)11-5-3-7-16-11/h3,5,7,15H,1-2,4,6,8H2. The van der Waals surface area contributed by atoms with E-state index < -0.39 is 0 Å². The summed E-state index contributed by atoms with van der Waals surface area (Å²) < 4.78 is 7.55. The number of fused-ring (bicyclic) bond motifs is 1. The average Bonchev–Trinajstić information content (AvgIpc) is 2.95. The van der Waals surface area contributed by atoms with Crippen molar-refractivity contribution in [2.24, 2.45) is 0 Å². The molecule has 0 bridgehead atoms. The van der Waals surface area contributed by atoms with Crippen molar-refractivity contribution >= 4 is 0 Å². The van der Waals surface area contributed by atoms with Crippen LogP contribution in [0.2, 0.25) is 0 Å². The summed E-state index contributed by atoms with van der Waals surface area (Å²) in [4.78, 5) is 4.47. The maximum Gasteiger partial charge on any atom is 0.176 e. The first kappa shape index (κ1) is 9.66. The molecule has 1 aliphatic heterocycles. The summed E-state index contributed by atoms with van der Waals surface area (Å²) in [6, 6.07) is 3.77. The third-order valence-corrected chi connectivity index (χ3v) is 3.09. The van der Waals surface area contributed by atoms with Gasteiger partial charge in [0, 0.05) is 12.2 Å². The molecule has 1 aliphatic rings. The van der Waals surface area contributed by atoms with E-state index in [4.69, 9.17) is 4.42 Å². The minimum atomic E-state index is 0.00996. The third-order valence-electron chi connectivity index (χ3n) is 3.09. The first-order chi connectivity index (χ1) is 7.90. The zero-order valence-corrected chi connectivity index (χ0v) is 9.02. The molecule has 84 valence electrons. The number of imidazole rings is 1. The Bertz CT molecular complexity index is 485. The molecule has 0 unspecified atom stereocenters. The van der Waals surface area contributed by atoms with E-state index in [1.807, 2.05) is 12.1 Å². The number of aliphatic hydroxyl groups excluding tert-OH is 1. The Hall–Kier alpha value is -1.55. The second kappa shape index (κ2) is 3.79. The largest absolute Gasteiger partial charge is 0.461 e. The molecule has 1 N–H and O–H groups in total. The van der Waals surface area contributed by atoms with E-state index in [0.717, 1.165) is 30.2 Å². The monoisotopic (exact) mass is 218 g/mol. The normalized spacial score (nSPS) is 15.1. The van der Waals surface area contributed by atoms with E-state index in [0.29, 0.717) is 0 Å². The molecule has 3 heterocycles. The minimum absolute atomic E-state index is 0.00996. The molecule has 0 spiro atoms. The Balaban J connectivity index is 2.15. The van der Waals surface area contributed by atoms with E-state index >= 15 is 0 Å². The van der Waals surface area contributed by atoms with Crippen LogP contribution >= 0.6 is 0 Å². The summed E-state index contributed by atoms with van der Waals surface area (Å²) >= 11 is 0. The van der Waals surface area contributed by atoms with Crippen LogP contribution in [-0.2, 0) is 19.6 Å². The zero-order valence-electron chi connectivity index (χ0n) is 9.02. The molecule has 4 nitrogen and oxygen atoms in total. The molecule has 2 aromatic heterocycles. The number of aliphatic hydroxyl groups is 1. The van der Waals surface area contributed by atoms with E-state index in [2.05, 4.69) is 9.55 Å². The van der Waals surface area contributed by atoms with Crippen molar-refractivity contribution < 1.29 is 9.52 Å². The van der Waals surface area contributed by atoms with Gasteiger partial charge in [-0.15, -0.1) is 0 Å². The van der Waals surface area contributed by atoms with Crippen molar-refractivity contribution in [3.8, 4) is 11.6 Å². The molecule has 16 heavy (non-hydrogen) atoms. The summed E-state index contributed by atoms with van der Waals surface area (Å²) in [5.41, 5.74) is 1.96. The van der Waals surface area contributed by atoms with E-state index in [1.165, 1.54) is 18.5 Å². The van der Waals surface area contributed by atoms with Gasteiger partial charge in [-0.25, -0.2) is 4.98 Å². The van der Waals surface area contributed by atoms with Crippen molar-refractivity contribution in [1.82, 2.24) is 9.55 Å². The van der Waals surface area contributed by atoms with Gasteiger partial charge >= 0.3 is 0 Å². The maximum atomic E-state index is 9.30. The molecule has 0 aromatic carbocycles. The fourth-order valence-electron chi connectivity index (χ4n) is 2.34. The van der Waals surface area contributed by atoms with Gasteiger partial charge in [0.15, 0.2) is 11.6 Å². The summed E-state index contributed by atoms with van der Waals surface area (Å²) in [5, 5.41) is 9.30. The minimum Gasteiger partial charge on any atom is -0.461 e. The van der Waals surface area contributed by atoms with Gasteiger partial charge in [0.1, 0.15) is 0 Å². The van der Waals surface area contributed by atoms with Crippen LogP contribution in [0, 0.1) is 0 Å². The number of hydrogen-bond acceptors (Lipinski definition) is 3. The summed E-state index contributed by atoms with van der Waals surface area (Å²) in [6.45, 7) is 0.981. The van der Waals surface area contributed by atoms with Crippen LogP contribution in [-0.4, -0.2) is 14.7 Å². The van der Waals surface area contributed by atoms with Gasteiger partial charge in [0.05, 0.1) is 18.6 Å². The predicted octanol–water partition coefficient (Wildman–Crippen LogP) is 1.97. The number of aromatic nitrogens is 2. The second-order valence-electron chi connectivity index (χ2n) is 4.07. The fourth-order valence-corrected chi connectivity index (χ4v) is 2.34. The molecule has 0 aliphatic carbocycles. The maximum absolute atomic E-state index is 9.30. The van der Waals surface area contributed by atoms with Crippen LogP contribution in [0.5, 0.6) is 0 Å². The van der Waals surface area contributed by atoms with E-state index in [-0.39, 0.29) is 6.61 Å². The molecule has 3 rings (SSSR count). The van der Waals surface area contributed by atoms with Crippen LogP contribution in [0.1, 0.15) is 24.2 Å². The lowest BCUT2D eigenvalue weighted by Crippen LogP contribution is -2.11. The van der Waals surface area contributed by atoms with Gasteiger partial charge in [-0.2, -0.15) is 0 Å². The van der Waals surface area contributed by atoms with Gasteiger partial charge in [0.25, 0.3) is 0 Å². The summed E-state index contributed by atoms with van der Waals surface area (Å²) in [7, 11) is 0. The smallest absolute Gasteiger partial charge is 0.176 e. The first-order valence-electron chi connectivity index (χ1n) is 5.63. The van der Waals surface area contributed by atoms with Gasteiger partial charge in [-0.1, -0.05) is 0 Å². The highest BCUT2D eigenvalue weighted by Gasteiger charge is 2.21. The van der Waals surface area contributed by atoms with Gasteiger partial charge in [0.2, 0.25) is 0 Å². The number of furan rings is 1. The van der Waals surface area contributed by atoms with Crippen LogP contribution in [0.15, 0.2) is 22.8 Å². The lowest BCUT2D eigenvalue weighted by molar-refractivity contribution is 0.275. The van der Waals surface area contributed by atoms with E-state index in [9.17, 15) is 5.11 Å². The van der Waals surface area contributed by atoms with Crippen LogP contribution < -0.4 is 0 Å². The van der Waals surface area contributed by atoms with Crippen LogP contribution in [0.3, 0.4) is 0 Å². The number of hydrogen-bond donors (Lipinski definition) is 1. The molecule has 0 fully saturated rings. The highest BCUT2D eigenvalue weighted by Crippen LogP contribution is 2.27. The second-order valence-corrected chi connectivity index (χ2v) is 4.07. The van der Waals surface area contributed by atoms with Crippen molar-refractivity contribution in [2.45, 2.75) is 32.4 Å². The predicted molar refractivity (Wildman–Crippen MR) is 58.8 cm³/mol. The summed E-state index contributed by atoms with van der Waals surface area (Å²) in [5.74, 6) is 1.63. The van der Waals surface area contributed by atoms with Crippen molar-refractivity contribution in [3.63, 3.8) is 0 Å². The lowest BCUT2D eigenvalue weighted by Gasteiger charge is -2.16. The van der Waals surface area contributed by atoms with Crippen LogP contribution in [0.4, 0.5) is 0 Å². The van der Waals surface area contributed by atoms with Crippen molar-refractivity contribution in [3.05, 3.63) is 29.8 Å². The Kier molecular flexibility index (Phi) is 2.29. The molecular weight excluding hydrogens is 204 g/mol. The van der Waals surface area contributed by atoms with Crippen LogP contribution in [0.25, 0.3) is 11.6 Å². The topological polar surface area (TPSA) is 51.2 Å². The molecule has 4 heteroatoms. The highest BCUT2D eigenvalue weighted by molar-refractivity contribution is 5.49. The quantitative estimate of drug-likeness (QED) is 0.838. The average molecular weight is 218 g/mol. The Morgan fingerprint density at radius 2 is 2.38 bits per heavy atom. The third kappa shape index (κ3) is 1.38. The van der Waals surface area contributed by atoms with Crippen molar-refractivity contribution in [1.29, 1.82) is 0 Å². The molecule has 0 atom stereocenters. The van der Waals surface area contributed by atoms with Gasteiger partial charge < -0.3 is 14.1 Å². The first-order valence-corrected chi connectivity index (χ1v) is 5.63. The number of nitrogens with zero attached hydrogens (tertiary/aromatic N) is 2. The Morgan fingerprint density at radius 3 is 3.12 bits per heavy atom. The lowest BCUT2D eigenvalue weighted by atomic mass is 10.1. The molecule has 0 saturated carbocycles. The molecular formula is C12H14N2O2. The molecule has 0 saturated heterocycles. The highest BCUT2D eigenvalue weighted by atomic mass is 16.3.